The van der Waals surface area contributed by atoms with Crippen molar-refractivity contribution in [2.24, 2.45) is 7.05 Å². The van der Waals surface area contributed by atoms with Crippen molar-refractivity contribution in [3.63, 3.8) is 0 Å². The Labute approximate surface area is 119 Å². The Hall–Kier alpha value is -2.03. The van der Waals surface area contributed by atoms with Gasteiger partial charge in [0.1, 0.15) is 5.75 Å². The minimum Gasteiger partial charge on any atom is -0.485 e. The van der Waals surface area contributed by atoms with Crippen LogP contribution in [-0.4, -0.2) is 17.0 Å². The first-order valence-electron chi connectivity index (χ1n) is 7.12. The zero-order chi connectivity index (χ0) is 13.9. The zero-order valence-corrected chi connectivity index (χ0v) is 11.8. The van der Waals surface area contributed by atoms with Crippen LogP contribution in [0.5, 0.6) is 5.75 Å². The van der Waals surface area contributed by atoms with Gasteiger partial charge in [-0.3, -0.25) is 4.79 Å². The molecule has 0 spiro atoms. The Morgan fingerprint density at radius 1 is 1.20 bits per heavy atom. The monoisotopic (exact) mass is 269 g/mol. The minimum absolute atomic E-state index is 0.0170. The minimum atomic E-state index is 0.0170. The lowest BCUT2D eigenvalue weighted by Crippen LogP contribution is -2.11. The van der Waals surface area contributed by atoms with Crippen LogP contribution in [0, 0.1) is 0 Å². The van der Waals surface area contributed by atoms with E-state index in [0.29, 0.717) is 5.56 Å². The summed E-state index contributed by atoms with van der Waals surface area (Å²) in [6, 6.07) is 8.02. The van der Waals surface area contributed by atoms with Crippen LogP contribution in [0.1, 0.15) is 34.3 Å². The molecule has 104 valence electrons. The first-order chi connectivity index (χ1) is 9.72. The Morgan fingerprint density at radius 2 is 2.00 bits per heavy atom. The number of nitrogens with zero attached hydrogens (tertiary/aromatic N) is 1. The van der Waals surface area contributed by atoms with Gasteiger partial charge in [0.05, 0.1) is 0 Å². The van der Waals surface area contributed by atoms with Gasteiger partial charge in [-0.2, -0.15) is 0 Å². The molecule has 0 fully saturated rings. The maximum Gasteiger partial charge on any atom is 0.201 e. The summed E-state index contributed by atoms with van der Waals surface area (Å²) >= 11 is 0. The molecule has 0 radical (unpaired) electrons. The normalized spacial score (nSPS) is 13.8. The number of hydrogen-bond acceptors (Lipinski definition) is 2. The van der Waals surface area contributed by atoms with Crippen LogP contribution < -0.4 is 4.74 Å². The van der Waals surface area contributed by atoms with E-state index in [1.165, 1.54) is 30.4 Å². The lowest BCUT2D eigenvalue weighted by Gasteiger charge is -2.16. The molecule has 1 aromatic heterocycles. The number of Topliss-reactive ketones (excluding diaryl/α,β-unsaturated/α-hetero) is 1. The molecule has 1 aromatic carbocycles. The zero-order valence-electron chi connectivity index (χ0n) is 11.8. The maximum absolute atomic E-state index is 12.0. The highest BCUT2D eigenvalue weighted by Crippen LogP contribution is 2.25. The Kier molecular flexibility index (Phi) is 3.59. The first kappa shape index (κ1) is 13.0. The fraction of sp³-hybridized carbons (Fsp3) is 0.353. The summed E-state index contributed by atoms with van der Waals surface area (Å²) in [7, 11) is 1.90. The van der Waals surface area contributed by atoms with Gasteiger partial charge in [-0.25, -0.2) is 0 Å². The second-order valence-electron chi connectivity index (χ2n) is 5.42. The molecular weight excluding hydrogens is 250 g/mol. The number of aryl methyl sites for hydroxylation is 3. The number of carbonyl (C=O) groups is 1. The van der Waals surface area contributed by atoms with Gasteiger partial charge in [-0.1, -0.05) is 6.07 Å². The van der Waals surface area contributed by atoms with Crippen LogP contribution in [0.4, 0.5) is 0 Å². The predicted octanol–water partition coefficient (Wildman–Crippen LogP) is 3.17. The summed E-state index contributed by atoms with van der Waals surface area (Å²) < 4.78 is 7.51. The number of hydrogen-bond donors (Lipinski definition) is 0. The van der Waals surface area contributed by atoms with Crippen LogP contribution in [-0.2, 0) is 19.9 Å². The quantitative estimate of drug-likeness (QED) is 0.798. The molecule has 0 saturated heterocycles. The molecule has 3 rings (SSSR count). The van der Waals surface area contributed by atoms with Crippen LogP contribution >= 0.6 is 0 Å². The highest BCUT2D eigenvalue weighted by molar-refractivity contribution is 5.97. The number of benzene rings is 1. The van der Waals surface area contributed by atoms with E-state index in [-0.39, 0.29) is 12.4 Å². The van der Waals surface area contributed by atoms with Crippen molar-refractivity contribution in [1.29, 1.82) is 0 Å². The first-order valence-corrected chi connectivity index (χ1v) is 7.12. The second-order valence-corrected chi connectivity index (χ2v) is 5.42. The Balaban J connectivity index is 1.65. The largest absolute Gasteiger partial charge is 0.485 e. The van der Waals surface area contributed by atoms with Gasteiger partial charge < -0.3 is 9.30 Å². The molecule has 1 aliphatic rings. The topological polar surface area (TPSA) is 31.2 Å². The molecule has 1 aliphatic carbocycles. The van der Waals surface area contributed by atoms with Crippen molar-refractivity contribution in [2.45, 2.75) is 25.7 Å². The van der Waals surface area contributed by atoms with Crippen molar-refractivity contribution in [3.05, 3.63) is 53.3 Å². The van der Waals surface area contributed by atoms with Gasteiger partial charge >= 0.3 is 0 Å². The van der Waals surface area contributed by atoms with Crippen molar-refractivity contribution < 1.29 is 9.53 Å². The molecule has 0 saturated carbocycles. The van der Waals surface area contributed by atoms with Crippen molar-refractivity contribution in [3.8, 4) is 5.75 Å². The van der Waals surface area contributed by atoms with E-state index in [0.717, 1.165) is 12.2 Å². The van der Waals surface area contributed by atoms with E-state index >= 15 is 0 Å². The number of rotatable bonds is 4. The molecule has 0 aliphatic heterocycles. The number of ketones is 1. The summed E-state index contributed by atoms with van der Waals surface area (Å²) in [6.45, 7) is 0.100. The van der Waals surface area contributed by atoms with Crippen LogP contribution in [0.3, 0.4) is 0 Å². The van der Waals surface area contributed by atoms with Crippen LogP contribution in [0.25, 0.3) is 0 Å². The Morgan fingerprint density at radius 3 is 2.75 bits per heavy atom. The number of carbonyl (C=O) groups excluding carboxylic acids is 1. The molecule has 1 heterocycles. The van der Waals surface area contributed by atoms with Crippen LogP contribution in [0.15, 0.2) is 36.7 Å². The summed E-state index contributed by atoms with van der Waals surface area (Å²) in [4.78, 5) is 12.0. The predicted molar refractivity (Wildman–Crippen MR) is 78.3 cm³/mol. The standard InChI is InChI=1S/C17H19NO2/c1-18-9-8-15(11-18)17(19)12-20-16-7-6-13-4-2-3-5-14(13)10-16/h6-11H,2-5,12H2,1H3. The molecule has 3 heteroatoms. The molecule has 20 heavy (non-hydrogen) atoms. The number of ether oxygens (including phenoxy) is 1. The maximum atomic E-state index is 12.0. The third kappa shape index (κ3) is 2.77. The van der Waals surface area contributed by atoms with Crippen molar-refractivity contribution in [1.82, 2.24) is 4.57 Å². The van der Waals surface area contributed by atoms with Gasteiger partial charge in [0, 0.05) is 25.0 Å². The van der Waals surface area contributed by atoms with Gasteiger partial charge in [0.25, 0.3) is 0 Å². The Bertz CT molecular complexity index is 628. The molecule has 0 unspecified atom stereocenters. The van der Waals surface area contributed by atoms with E-state index in [4.69, 9.17) is 4.74 Å². The summed E-state index contributed by atoms with van der Waals surface area (Å²) in [5, 5.41) is 0. The third-order valence-electron chi connectivity index (χ3n) is 3.84. The molecule has 0 amide bonds. The highest BCUT2D eigenvalue weighted by atomic mass is 16.5. The number of fused-ring (bicyclic) bond motifs is 1. The second kappa shape index (κ2) is 5.53. The molecule has 3 nitrogen and oxygen atoms in total. The van der Waals surface area contributed by atoms with Gasteiger partial charge in [0.15, 0.2) is 6.61 Å². The van der Waals surface area contributed by atoms with E-state index in [2.05, 4.69) is 12.1 Å². The molecule has 0 atom stereocenters. The fourth-order valence-electron chi connectivity index (χ4n) is 2.70. The average Bonchev–Trinajstić information content (AvgIpc) is 2.91. The third-order valence-corrected chi connectivity index (χ3v) is 3.84. The van der Waals surface area contributed by atoms with Gasteiger partial charge in [-0.05, 0) is 55.0 Å². The van der Waals surface area contributed by atoms with E-state index in [9.17, 15) is 4.79 Å². The van der Waals surface area contributed by atoms with E-state index in [1.807, 2.05) is 36.1 Å². The lowest BCUT2D eigenvalue weighted by atomic mass is 9.92. The highest BCUT2D eigenvalue weighted by Gasteiger charge is 2.11. The van der Waals surface area contributed by atoms with Crippen molar-refractivity contribution in [2.75, 3.05) is 6.61 Å². The molecular formula is C17H19NO2. The number of aromatic nitrogens is 1. The SMILES string of the molecule is Cn1ccc(C(=O)COc2ccc3c(c2)CCCC3)c1. The fourth-order valence-corrected chi connectivity index (χ4v) is 2.70. The average molecular weight is 269 g/mol. The van der Waals surface area contributed by atoms with Crippen molar-refractivity contribution >= 4 is 5.78 Å². The molecule has 0 bridgehead atoms. The molecule has 0 N–H and O–H groups in total. The van der Waals surface area contributed by atoms with Crippen LogP contribution in [0.2, 0.25) is 0 Å². The summed E-state index contributed by atoms with van der Waals surface area (Å²) in [5.41, 5.74) is 3.50. The van der Waals surface area contributed by atoms with E-state index in [1.54, 1.807) is 0 Å². The lowest BCUT2D eigenvalue weighted by molar-refractivity contribution is 0.0921. The van der Waals surface area contributed by atoms with Gasteiger partial charge in [0.2, 0.25) is 5.78 Å². The smallest absolute Gasteiger partial charge is 0.201 e. The van der Waals surface area contributed by atoms with E-state index < -0.39 is 0 Å². The summed E-state index contributed by atoms with van der Waals surface area (Å²) in [5.74, 6) is 0.818. The molecule has 2 aromatic rings. The summed E-state index contributed by atoms with van der Waals surface area (Å²) in [6.07, 6.45) is 8.50. The van der Waals surface area contributed by atoms with Gasteiger partial charge in [-0.15, -0.1) is 0 Å².